The van der Waals surface area contributed by atoms with E-state index in [1.54, 1.807) is 0 Å². The third-order valence-corrected chi connectivity index (χ3v) is 1.65. The van der Waals surface area contributed by atoms with E-state index in [0.29, 0.717) is 25.6 Å². The number of nitrogen functional groups attached to an aromatic ring is 1. The van der Waals surface area contributed by atoms with E-state index >= 15 is 0 Å². The summed E-state index contributed by atoms with van der Waals surface area (Å²) in [5, 5.41) is 9.88. The molecular weight excluding hydrogens is 196 g/mol. The minimum absolute atomic E-state index is 0.251. The molecular formula is C9H14N4O2. The van der Waals surface area contributed by atoms with Gasteiger partial charge in [0.1, 0.15) is 5.82 Å². The van der Waals surface area contributed by atoms with Crippen molar-refractivity contribution in [3.05, 3.63) is 17.8 Å². The average Bonchev–Trinajstić information content (AvgIpc) is 2.25. The standard InChI is InChI=1S/C9H14N4O2/c1-2-15-6-5-11-9(14)7-3-4-8(10)13-12-7/h3-4H,2,5-6H2,1H3,(H2,10,13)(H,11,14). The highest BCUT2D eigenvalue weighted by Crippen LogP contribution is 1.96. The molecule has 0 aromatic carbocycles. The maximum atomic E-state index is 11.4. The second-order valence-corrected chi connectivity index (χ2v) is 2.80. The molecule has 15 heavy (non-hydrogen) atoms. The number of nitrogens with zero attached hydrogens (tertiary/aromatic N) is 2. The summed E-state index contributed by atoms with van der Waals surface area (Å²) in [7, 11) is 0. The van der Waals surface area contributed by atoms with Crippen LogP contribution in [-0.2, 0) is 4.74 Å². The van der Waals surface area contributed by atoms with Gasteiger partial charge in [-0.25, -0.2) is 0 Å². The lowest BCUT2D eigenvalue weighted by Gasteiger charge is -2.03. The maximum absolute atomic E-state index is 11.4. The zero-order chi connectivity index (χ0) is 11.1. The Morgan fingerprint density at radius 3 is 2.93 bits per heavy atom. The van der Waals surface area contributed by atoms with Crippen molar-refractivity contribution >= 4 is 11.7 Å². The molecule has 0 atom stereocenters. The van der Waals surface area contributed by atoms with Crippen LogP contribution < -0.4 is 11.1 Å². The highest BCUT2D eigenvalue weighted by atomic mass is 16.5. The Hall–Kier alpha value is -1.69. The second-order valence-electron chi connectivity index (χ2n) is 2.80. The first-order chi connectivity index (χ1) is 7.24. The second kappa shape index (κ2) is 5.92. The lowest BCUT2D eigenvalue weighted by atomic mass is 10.3. The lowest BCUT2D eigenvalue weighted by molar-refractivity contribution is 0.0917. The highest BCUT2D eigenvalue weighted by Gasteiger charge is 2.06. The molecule has 0 aliphatic carbocycles. The first kappa shape index (κ1) is 11.4. The fourth-order valence-electron chi connectivity index (χ4n) is 0.935. The molecule has 6 heteroatoms. The smallest absolute Gasteiger partial charge is 0.271 e. The predicted molar refractivity (Wildman–Crippen MR) is 55.3 cm³/mol. The number of amides is 1. The first-order valence-corrected chi connectivity index (χ1v) is 4.69. The first-order valence-electron chi connectivity index (χ1n) is 4.69. The number of nitrogens with two attached hydrogens (primary N) is 1. The van der Waals surface area contributed by atoms with Crippen LogP contribution in [0.3, 0.4) is 0 Å². The zero-order valence-electron chi connectivity index (χ0n) is 8.56. The Kier molecular flexibility index (Phi) is 4.49. The summed E-state index contributed by atoms with van der Waals surface area (Å²) < 4.78 is 5.07. The number of nitrogens with one attached hydrogen (secondary N) is 1. The third-order valence-electron chi connectivity index (χ3n) is 1.65. The van der Waals surface area contributed by atoms with Crippen LogP contribution >= 0.6 is 0 Å². The Bertz CT molecular complexity index is 312. The quantitative estimate of drug-likeness (QED) is 0.658. The number of aromatic nitrogens is 2. The largest absolute Gasteiger partial charge is 0.382 e. The molecule has 1 rings (SSSR count). The Labute approximate surface area is 87.8 Å². The number of rotatable bonds is 5. The van der Waals surface area contributed by atoms with Gasteiger partial charge in [-0.2, -0.15) is 0 Å². The minimum Gasteiger partial charge on any atom is -0.382 e. The van der Waals surface area contributed by atoms with Crippen LogP contribution in [0.15, 0.2) is 12.1 Å². The van der Waals surface area contributed by atoms with E-state index in [1.807, 2.05) is 6.92 Å². The number of carbonyl (C=O) groups excluding carboxylic acids is 1. The van der Waals surface area contributed by atoms with Gasteiger partial charge >= 0.3 is 0 Å². The normalized spacial score (nSPS) is 9.93. The summed E-state index contributed by atoms with van der Waals surface area (Å²) in [6, 6.07) is 3.06. The molecule has 0 aliphatic rings. The SMILES string of the molecule is CCOCCNC(=O)c1ccc(N)nn1. The molecule has 0 aliphatic heterocycles. The predicted octanol–water partition coefficient (Wildman–Crippen LogP) is -0.175. The molecule has 0 unspecified atom stereocenters. The number of hydrogen-bond donors (Lipinski definition) is 2. The monoisotopic (exact) mass is 210 g/mol. The van der Waals surface area contributed by atoms with E-state index < -0.39 is 0 Å². The molecule has 0 saturated carbocycles. The minimum atomic E-state index is -0.276. The van der Waals surface area contributed by atoms with E-state index in [2.05, 4.69) is 15.5 Å². The van der Waals surface area contributed by atoms with Crippen molar-refractivity contribution in [3.63, 3.8) is 0 Å². The molecule has 0 saturated heterocycles. The molecule has 0 radical (unpaired) electrons. The van der Waals surface area contributed by atoms with Crippen molar-refractivity contribution in [1.82, 2.24) is 15.5 Å². The van der Waals surface area contributed by atoms with Crippen molar-refractivity contribution in [2.75, 3.05) is 25.5 Å². The van der Waals surface area contributed by atoms with Crippen LogP contribution in [0.4, 0.5) is 5.82 Å². The van der Waals surface area contributed by atoms with Crippen LogP contribution in [0, 0.1) is 0 Å². The van der Waals surface area contributed by atoms with E-state index in [9.17, 15) is 4.79 Å². The summed E-state index contributed by atoms with van der Waals surface area (Å²) in [4.78, 5) is 11.4. The third kappa shape index (κ3) is 3.90. The molecule has 3 N–H and O–H groups in total. The number of hydrogen-bond acceptors (Lipinski definition) is 5. The average molecular weight is 210 g/mol. The van der Waals surface area contributed by atoms with E-state index in [-0.39, 0.29) is 11.6 Å². The van der Waals surface area contributed by atoms with Gasteiger partial charge in [-0.15, -0.1) is 10.2 Å². The fourth-order valence-corrected chi connectivity index (χ4v) is 0.935. The molecule has 1 aromatic rings. The van der Waals surface area contributed by atoms with E-state index in [0.717, 1.165) is 0 Å². The van der Waals surface area contributed by atoms with Crippen molar-refractivity contribution in [2.45, 2.75) is 6.92 Å². The van der Waals surface area contributed by atoms with Gasteiger partial charge in [-0.3, -0.25) is 4.79 Å². The Morgan fingerprint density at radius 2 is 2.33 bits per heavy atom. The number of ether oxygens (including phenoxy) is 1. The van der Waals surface area contributed by atoms with E-state index in [1.165, 1.54) is 12.1 Å². The Balaban J connectivity index is 2.37. The van der Waals surface area contributed by atoms with Crippen molar-refractivity contribution < 1.29 is 9.53 Å². The highest BCUT2D eigenvalue weighted by molar-refractivity contribution is 5.92. The molecule has 1 amide bonds. The fraction of sp³-hybridized carbons (Fsp3) is 0.444. The maximum Gasteiger partial charge on any atom is 0.271 e. The summed E-state index contributed by atoms with van der Waals surface area (Å²) in [5.74, 6) is 0.0167. The van der Waals surface area contributed by atoms with Crippen LogP contribution in [-0.4, -0.2) is 35.9 Å². The van der Waals surface area contributed by atoms with Gasteiger partial charge in [-0.05, 0) is 19.1 Å². The molecule has 0 spiro atoms. The lowest BCUT2D eigenvalue weighted by Crippen LogP contribution is -2.28. The van der Waals surface area contributed by atoms with Gasteiger partial charge in [0, 0.05) is 13.2 Å². The van der Waals surface area contributed by atoms with Gasteiger partial charge in [0.25, 0.3) is 5.91 Å². The van der Waals surface area contributed by atoms with Crippen LogP contribution in [0.25, 0.3) is 0 Å². The topological polar surface area (TPSA) is 90.1 Å². The molecule has 1 aromatic heterocycles. The molecule has 0 fully saturated rings. The summed E-state index contributed by atoms with van der Waals surface area (Å²) in [6.45, 7) is 3.48. The van der Waals surface area contributed by atoms with Crippen LogP contribution in [0.2, 0.25) is 0 Å². The van der Waals surface area contributed by atoms with Gasteiger partial charge in [0.05, 0.1) is 6.61 Å². The van der Waals surface area contributed by atoms with Gasteiger partial charge in [0.2, 0.25) is 0 Å². The van der Waals surface area contributed by atoms with E-state index in [4.69, 9.17) is 10.5 Å². The Morgan fingerprint density at radius 1 is 1.53 bits per heavy atom. The number of carbonyl (C=O) groups is 1. The van der Waals surface area contributed by atoms with Gasteiger partial charge in [-0.1, -0.05) is 0 Å². The molecule has 6 nitrogen and oxygen atoms in total. The van der Waals surface area contributed by atoms with Crippen molar-refractivity contribution in [3.8, 4) is 0 Å². The van der Waals surface area contributed by atoms with Crippen molar-refractivity contribution in [2.24, 2.45) is 0 Å². The van der Waals surface area contributed by atoms with Crippen LogP contribution in [0.1, 0.15) is 17.4 Å². The van der Waals surface area contributed by atoms with Crippen LogP contribution in [0.5, 0.6) is 0 Å². The summed E-state index contributed by atoms with van der Waals surface area (Å²) >= 11 is 0. The van der Waals surface area contributed by atoms with Gasteiger partial charge < -0.3 is 15.8 Å². The van der Waals surface area contributed by atoms with Crippen molar-refractivity contribution in [1.29, 1.82) is 0 Å². The number of anilines is 1. The molecule has 82 valence electrons. The molecule has 1 heterocycles. The summed E-state index contributed by atoms with van der Waals surface area (Å²) in [5.41, 5.74) is 5.59. The summed E-state index contributed by atoms with van der Waals surface area (Å²) in [6.07, 6.45) is 0. The van der Waals surface area contributed by atoms with Gasteiger partial charge in [0.15, 0.2) is 5.69 Å². The molecule has 0 bridgehead atoms. The zero-order valence-corrected chi connectivity index (χ0v) is 8.56.